The number of anilines is 3. The monoisotopic (exact) mass is 689 g/mol. The zero-order valence-corrected chi connectivity index (χ0v) is 30.6. The quantitative estimate of drug-likeness (QED) is 0.137. The maximum Gasteiger partial charge on any atom is 0.266 e. The zero-order valence-electron chi connectivity index (χ0n) is 30.6. The largest absolute Gasteiger partial charge is 0.368 e. The van der Waals surface area contributed by atoms with E-state index in [-0.39, 0.29) is 11.8 Å². The molecule has 6 aliphatic rings. The molecular weight excluding hydrogens is 641 g/mol. The summed E-state index contributed by atoms with van der Waals surface area (Å²) in [5.41, 5.74) is 10.5. The second-order valence-corrected chi connectivity index (χ2v) is 15.9. The Bertz CT molecular complexity index is 2000. The van der Waals surface area contributed by atoms with Crippen LogP contribution in [0.15, 0.2) is 108 Å². The van der Waals surface area contributed by atoms with Crippen LogP contribution in [0.2, 0.25) is 0 Å². The summed E-state index contributed by atoms with van der Waals surface area (Å²) in [4.78, 5) is 35.4. The highest BCUT2D eigenvalue weighted by Crippen LogP contribution is 2.58. The second kappa shape index (κ2) is 13.6. The summed E-state index contributed by atoms with van der Waals surface area (Å²) in [5.74, 6) is 2.12. The van der Waals surface area contributed by atoms with Gasteiger partial charge in [0.1, 0.15) is 0 Å². The lowest BCUT2D eigenvalue weighted by Gasteiger charge is -2.52. The first kappa shape index (κ1) is 33.0. The minimum Gasteiger partial charge on any atom is -0.368 e. The van der Waals surface area contributed by atoms with Crippen molar-refractivity contribution in [2.45, 2.75) is 58.3 Å². The van der Waals surface area contributed by atoms with Gasteiger partial charge in [0.05, 0.1) is 11.3 Å². The van der Waals surface area contributed by atoms with Gasteiger partial charge in [-0.2, -0.15) is 0 Å². The first-order valence-corrected chi connectivity index (χ1v) is 19.6. The maximum atomic E-state index is 14.6. The first-order valence-electron chi connectivity index (χ1n) is 19.6. The summed E-state index contributed by atoms with van der Waals surface area (Å²) in [5, 5.41) is 0. The lowest BCUT2D eigenvalue weighted by atomic mass is 9.53. The minimum atomic E-state index is -0.178. The van der Waals surface area contributed by atoms with Gasteiger partial charge in [0.15, 0.2) is 0 Å². The van der Waals surface area contributed by atoms with Gasteiger partial charge in [-0.05, 0) is 134 Å². The van der Waals surface area contributed by atoms with E-state index in [1.165, 1.54) is 60.2 Å². The molecule has 2 aliphatic heterocycles. The fourth-order valence-electron chi connectivity index (χ4n) is 10.4. The van der Waals surface area contributed by atoms with Gasteiger partial charge in [0.25, 0.3) is 11.8 Å². The number of rotatable bonds is 8. The summed E-state index contributed by atoms with van der Waals surface area (Å²) in [6.45, 7) is 5.99. The van der Waals surface area contributed by atoms with Crippen molar-refractivity contribution in [3.05, 3.63) is 125 Å². The van der Waals surface area contributed by atoms with Gasteiger partial charge in [-0.3, -0.25) is 9.59 Å². The van der Waals surface area contributed by atoms with E-state index in [1.807, 2.05) is 24.3 Å². The van der Waals surface area contributed by atoms with E-state index in [0.717, 1.165) is 72.5 Å². The Morgan fingerprint density at radius 1 is 0.712 bits per heavy atom. The van der Waals surface area contributed by atoms with Crippen LogP contribution in [0.5, 0.6) is 0 Å². The third-order valence-corrected chi connectivity index (χ3v) is 12.6. The number of aromatic nitrogens is 1. The van der Waals surface area contributed by atoms with Crippen molar-refractivity contribution >= 4 is 28.9 Å². The Kier molecular flexibility index (Phi) is 8.65. The van der Waals surface area contributed by atoms with Crippen LogP contribution < -0.4 is 14.7 Å². The van der Waals surface area contributed by atoms with Gasteiger partial charge >= 0.3 is 0 Å². The van der Waals surface area contributed by atoms with E-state index >= 15 is 0 Å². The molecule has 52 heavy (non-hydrogen) atoms. The van der Waals surface area contributed by atoms with Crippen LogP contribution >= 0.6 is 0 Å². The SMILES string of the molecule is CCCc1ccc(N2CCN(c3ccc(N4C(=O)C(=CCc5cc(-c6cc[c]cc6)n(C)c5)C(=C5C6CC7CC(C6)CC5C7)C4=O)cc3)CC2)cc1. The molecule has 4 saturated carbocycles. The molecule has 10 rings (SSSR count). The third kappa shape index (κ3) is 6.00. The lowest BCUT2D eigenvalue weighted by Crippen LogP contribution is -2.46. The number of aryl methyl sites for hydroxylation is 2. The molecule has 2 saturated heterocycles. The molecule has 4 aromatic rings. The van der Waals surface area contributed by atoms with Crippen molar-refractivity contribution in [2.24, 2.45) is 30.7 Å². The Hall–Kier alpha value is -4.84. The standard InChI is InChI=1S/C46H49N4O2/c1-3-7-31-10-13-38(14-11-31)48-20-22-49(23-21-48)39-15-17-40(18-16-39)50-45(51)41(19-12-32-29-42(47(2)30-32)35-8-5-4-6-9-35)44(46(50)52)43-36-25-33-24-34(27-36)28-37(43)26-33/h5-6,8-11,13-19,29-30,33-34,36-37H,3,7,12,20-28H2,1-2H3. The van der Waals surface area contributed by atoms with E-state index in [2.05, 4.69) is 101 Å². The molecule has 265 valence electrons. The minimum absolute atomic E-state index is 0.126. The number of carbonyl (C=O) groups excluding carboxylic acids is 2. The smallest absolute Gasteiger partial charge is 0.266 e. The molecule has 0 N–H and O–H groups in total. The number of hydrogen-bond donors (Lipinski definition) is 0. The number of benzene rings is 3. The number of imide groups is 1. The van der Waals surface area contributed by atoms with E-state index in [0.29, 0.717) is 29.5 Å². The molecule has 4 aliphatic carbocycles. The van der Waals surface area contributed by atoms with Crippen LogP contribution in [0.1, 0.15) is 56.6 Å². The highest BCUT2D eigenvalue weighted by molar-refractivity contribution is 6.37. The lowest BCUT2D eigenvalue weighted by molar-refractivity contribution is -0.119. The van der Waals surface area contributed by atoms with Crippen molar-refractivity contribution in [1.82, 2.24) is 4.57 Å². The number of hydrogen-bond acceptors (Lipinski definition) is 4. The Balaban J connectivity index is 0.971. The highest BCUT2D eigenvalue weighted by Gasteiger charge is 2.50. The molecule has 0 unspecified atom stereocenters. The zero-order chi connectivity index (χ0) is 35.3. The average Bonchev–Trinajstić information content (AvgIpc) is 3.66. The number of allylic oxidation sites excluding steroid dienone is 2. The van der Waals surface area contributed by atoms with Crippen molar-refractivity contribution in [3.63, 3.8) is 0 Å². The van der Waals surface area contributed by atoms with Gasteiger partial charge in [-0.15, -0.1) is 0 Å². The number of amides is 2. The number of piperazine rings is 1. The first-order chi connectivity index (χ1) is 25.4. The highest BCUT2D eigenvalue weighted by atomic mass is 16.2. The van der Waals surface area contributed by atoms with Crippen LogP contribution in [0.3, 0.4) is 0 Å². The molecule has 1 radical (unpaired) electrons. The molecule has 6 fully saturated rings. The van der Waals surface area contributed by atoms with Gasteiger partial charge in [-0.25, -0.2) is 4.90 Å². The van der Waals surface area contributed by atoms with Crippen LogP contribution in [-0.2, 0) is 29.5 Å². The van der Waals surface area contributed by atoms with E-state index in [9.17, 15) is 9.59 Å². The summed E-state index contributed by atoms with van der Waals surface area (Å²) in [6.07, 6.45) is 13.1. The number of nitrogens with zero attached hydrogens (tertiary/aromatic N) is 4. The molecule has 2 amide bonds. The molecule has 1 aromatic heterocycles. The van der Waals surface area contributed by atoms with Gasteiger partial charge in [0, 0.05) is 62.1 Å². The molecule has 0 spiro atoms. The molecule has 6 heteroatoms. The van der Waals surface area contributed by atoms with Crippen molar-refractivity contribution in [3.8, 4) is 11.3 Å². The number of carbonyl (C=O) groups is 2. The normalized spacial score (nSPS) is 25.0. The Morgan fingerprint density at radius 2 is 1.29 bits per heavy atom. The Morgan fingerprint density at radius 3 is 1.88 bits per heavy atom. The molecule has 0 atom stereocenters. The average molecular weight is 690 g/mol. The van der Waals surface area contributed by atoms with Crippen LogP contribution in [0.25, 0.3) is 11.3 Å². The van der Waals surface area contributed by atoms with E-state index < -0.39 is 0 Å². The summed E-state index contributed by atoms with van der Waals surface area (Å²) in [7, 11) is 2.06. The van der Waals surface area contributed by atoms with Gasteiger partial charge in [-0.1, -0.05) is 61.4 Å². The fourth-order valence-corrected chi connectivity index (χ4v) is 10.4. The van der Waals surface area contributed by atoms with Crippen LogP contribution in [0.4, 0.5) is 17.1 Å². The van der Waals surface area contributed by atoms with Crippen molar-refractivity contribution < 1.29 is 9.59 Å². The van der Waals surface area contributed by atoms with E-state index in [1.54, 1.807) is 0 Å². The molecular formula is C46H49N4O2. The van der Waals surface area contributed by atoms with Gasteiger partial charge in [0.2, 0.25) is 0 Å². The van der Waals surface area contributed by atoms with E-state index in [4.69, 9.17) is 0 Å². The Labute approximate surface area is 308 Å². The van der Waals surface area contributed by atoms with Crippen LogP contribution in [-0.4, -0.2) is 42.6 Å². The maximum absolute atomic E-state index is 14.6. The second-order valence-electron chi connectivity index (χ2n) is 15.9. The molecule has 6 nitrogen and oxygen atoms in total. The van der Waals surface area contributed by atoms with Crippen LogP contribution in [0, 0.1) is 29.7 Å². The van der Waals surface area contributed by atoms with Crippen molar-refractivity contribution in [1.29, 1.82) is 0 Å². The fraction of sp³-hybridized carbons (Fsp3) is 0.391. The molecule has 3 heterocycles. The summed E-state index contributed by atoms with van der Waals surface area (Å²) < 4.78 is 2.14. The molecule has 3 aromatic carbocycles. The predicted molar refractivity (Wildman–Crippen MR) is 209 cm³/mol. The molecule has 4 bridgehead atoms. The third-order valence-electron chi connectivity index (χ3n) is 12.6. The van der Waals surface area contributed by atoms with Gasteiger partial charge < -0.3 is 14.4 Å². The predicted octanol–water partition coefficient (Wildman–Crippen LogP) is 8.57. The van der Waals surface area contributed by atoms with Crippen molar-refractivity contribution in [2.75, 3.05) is 40.9 Å². The summed E-state index contributed by atoms with van der Waals surface area (Å²) in [6, 6.07) is 30.5. The summed E-state index contributed by atoms with van der Waals surface area (Å²) >= 11 is 0. The topological polar surface area (TPSA) is 48.8 Å².